The van der Waals surface area contributed by atoms with Crippen LogP contribution in [0.5, 0.6) is 0 Å². The highest BCUT2D eigenvalue weighted by Gasteiger charge is 2.09. The molecule has 2 nitrogen and oxygen atoms in total. The van der Waals surface area contributed by atoms with Crippen molar-refractivity contribution in [2.75, 3.05) is 5.32 Å². The lowest BCUT2D eigenvalue weighted by Gasteiger charge is -2.09. The SMILES string of the molecule is Cc1ncsc1CNc1ccc(Br)c(Cl)c1Cl. The average molecular weight is 352 g/mol. The molecule has 0 atom stereocenters. The lowest BCUT2D eigenvalue weighted by atomic mass is 10.3. The second-order valence-electron chi connectivity index (χ2n) is 3.44. The Morgan fingerprint density at radius 2 is 2.12 bits per heavy atom. The van der Waals surface area contributed by atoms with Gasteiger partial charge in [0.05, 0.1) is 33.5 Å². The first-order valence-corrected chi connectivity index (χ1v) is 7.28. The lowest BCUT2D eigenvalue weighted by Crippen LogP contribution is -1.99. The number of anilines is 1. The third kappa shape index (κ3) is 2.94. The van der Waals surface area contributed by atoms with Crippen LogP contribution >= 0.6 is 50.5 Å². The normalized spacial score (nSPS) is 10.6. The van der Waals surface area contributed by atoms with Gasteiger partial charge in [-0.2, -0.15) is 0 Å². The van der Waals surface area contributed by atoms with Crippen LogP contribution in [-0.4, -0.2) is 4.98 Å². The largest absolute Gasteiger partial charge is 0.379 e. The Balaban J connectivity index is 2.15. The molecule has 2 rings (SSSR count). The zero-order chi connectivity index (χ0) is 12.4. The molecule has 0 unspecified atom stereocenters. The highest BCUT2D eigenvalue weighted by Crippen LogP contribution is 2.36. The molecule has 0 spiro atoms. The minimum atomic E-state index is 0.526. The Morgan fingerprint density at radius 3 is 2.76 bits per heavy atom. The van der Waals surface area contributed by atoms with Crippen molar-refractivity contribution in [3.63, 3.8) is 0 Å². The van der Waals surface area contributed by atoms with Gasteiger partial charge in [-0.25, -0.2) is 4.98 Å². The molecule has 0 fully saturated rings. The molecular formula is C11H9BrCl2N2S. The molecule has 90 valence electrons. The summed E-state index contributed by atoms with van der Waals surface area (Å²) >= 11 is 17.1. The minimum absolute atomic E-state index is 0.526. The van der Waals surface area contributed by atoms with Gasteiger partial charge in [-0.15, -0.1) is 11.3 Å². The van der Waals surface area contributed by atoms with Crippen LogP contribution in [0.2, 0.25) is 10.0 Å². The zero-order valence-corrected chi connectivity index (χ0v) is 12.8. The minimum Gasteiger partial charge on any atom is -0.379 e. The number of rotatable bonds is 3. The molecule has 17 heavy (non-hydrogen) atoms. The van der Waals surface area contributed by atoms with Crippen molar-refractivity contribution in [1.29, 1.82) is 0 Å². The van der Waals surface area contributed by atoms with Crippen molar-refractivity contribution in [2.45, 2.75) is 13.5 Å². The molecule has 0 saturated carbocycles. The summed E-state index contributed by atoms with van der Waals surface area (Å²) in [4.78, 5) is 5.39. The molecule has 1 N–H and O–H groups in total. The van der Waals surface area contributed by atoms with E-state index in [0.29, 0.717) is 16.6 Å². The molecule has 0 aliphatic rings. The fraction of sp³-hybridized carbons (Fsp3) is 0.182. The van der Waals surface area contributed by atoms with E-state index in [1.807, 2.05) is 24.6 Å². The van der Waals surface area contributed by atoms with Crippen LogP contribution in [0, 0.1) is 6.92 Å². The Hall–Kier alpha value is -0.290. The predicted molar refractivity (Wildman–Crippen MR) is 78.3 cm³/mol. The van der Waals surface area contributed by atoms with Crippen LogP contribution < -0.4 is 5.32 Å². The summed E-state index contributed by atoms with van der Waals surface area (Å²) in [5.41, 5.74) is 3.71. The Morgan fingerprint density at radius 1 is 1.35 bits per heavy atom. The van der Waals surface area contributed by atoms with E-state index in [1.165, 1.54) is 4.88 Å². The maximum absolute atomic E-state index is 6.14. The van der Waals surface area contributed by atoms with E-state index in [2.05, 4.69) is 26.2 Å². The van der Waals surface area contributed by atoms with Crippen LogP contribution in [0.4, 0.5) is 5.69 Å². The fourth-order valence-electron chi connectivity index (χ4n) is 1.33. The predicted octanol–water partition coefficient (Wildman–Crippen LogP) is 5.13. The van der Waals surface area contributed by atoms with Crippen molar-refractivity contribution < 1.29 is 0 Å². The number of nitrogens with one attached hydrogen (secondary N) is 1. The number of thiazole rings is 1. The molecule has 0 radical (unpaired) electrons. The van der Waals surface area contributed by atoms with Crippen LogP contribution in [0.1, 0.15) is 10.6 Å². The smallest absolute Gasteiger partial charge is 0.0835 e. The Labute approximate surface area is 122 Å². The van der Waals surface area contributed by atoms with Gasteiger partial charge in [-0.3, -0.25) is 0 Å². The molecule has 0 saturated heterocycles. The van der Waals surface area contributed by atoms with Gasteiger partial charge >= 0.3 is 0 Å². The molecule has 1 heterocycles. The second-order valence-corrected chi connectivity index (χ2v) is 5.99. The van der Waals surface area contributed by atoms with Crippen molar-refractivity contribution in [3.05, 3.63) is 42.7 Å². The number of hydrogen-bond donors (Lipinski definition) is 1. The molecular weight excluding hydrogens is 343 g/mol. The van der Waals surface area contributed by atoms with Gasteiger partial charge in [0.2, 0.25) is 0 Å². The topological polar surface area (TPSA) is 24.9 Å². The van der Waals surface area contributed by atoms with E-state index in [0.717, 1.165) is 15.9 Å². The molecule has 6 heteroatoms. The van der Waals surface area contributed by atoms with Gasteiger partial charge in [-0.1, -0.05) is 23.2 Å². The standard InChI is InChI=1S/C11H9BrCl2N2S/c1-6-9(17-5-16-6)4-15-8-3-2-7(12)10(13)11(8)14/h2-3,5,15H,4H2,1H3. The fourth-order valence-corrected chi connectivity index (χ4v) is 2.89. The van der Waals surface area contributed by atoms with Crippen molar-refractivity contribution in [2.24, 2.45) is 0 Å². The second kappa shape index (κ2) is 5.57. The summed E-state index contributed by atoms with van der Waals surface area (Å²) in [6.07, 6.45) is 0. The van der Waals surface area contributed by atoms with Gasteiger partial charge in [0.15, 0.2) is 0 Å². The van der Waals surface area contributed by atoms with Crippen molar-refractivity contribution >= 4 is 56.2 Å². The van der Waals surface area contributed by atoms with E-state index < -0.39 is 0 Å². The van der Waals surface area contributed by atoms with Gasteiger partial charge in [0.25, 0.3) is 0 Å². The lowest BCUT2D eigenvalue weighted by molar-refractivity contribution is 1.12. The third-order valence-electron chi connectivity index (χ3n) is 2.32. The van der Waals surface area contributed by atoms with Crippen molar-refractivity contribution in [1.82, 2.24) is 4.98 Å². The van der Waals surface area contributed by atoms with Gasteiger partial charge < -0.3 is 5.32 Å². The quantitative estimate of drug-likeness (QED) is 0.775. The zero-order valence-electron chi connectivity index (χ0n) is 8.93. The van der Waals surface area contributed by atoms with Crippen LogP contribution in [0.25, 0.3) is 0 Å². The molecule has 2 aromatic rings. The average Bonchev–Trinajstić information content (AvgIpc) is 2.71. The van der Waals surface area contributed by atoms with Crippen LogP contribution in [-0.2, 0) is 6.54 Å². The first-order valence-electron chi connectivity index (χ1n) is 4.86. The van der Waals surface area contributed by atoms with Crippen LogP contribution in [0.15, 0.2) is 22.1 Å². The number of hydrogen-bond acceptors (Lipinski definition) is 3. The van der Waals surface area contributed by atoms with Crippen LogP contribution in [0.3, 0.4) is 0 Å². The number of nitrogens with zero attached hydrogens (tertiary/aromatic N) is 1. The van der Waals surface area contributed by atoms with Gasteiger partial charge in [-0.05, 0) is 35.0 Å². The maximum atomic E-state index is 6.14. The van der Waals surface area contributed by atoms with E-state index in [9.17, 15) is 0 Å². The van der Waals surface area contributed by atoms with Gasteiger partial charge in [0, 0.05) is 9.35 Å². The molecule has 0 amide bonds. The van der Waals surface area contributed by atoms with Crippen molar-refractivity contribution in [3.8, 4) is 0 Å². The molecule has 1 aromatic carbocycles. The number of halogens is 3. The molecule has 0 aliphatic heterocycles. The number of benzene rings is 1. The highest BCUT2D eigenvalue weighted by atomic mass is 79.9. The number of aromatic nitrogens is 1. The van der Waals surface area contributed by atoms with E-state index in [1.54, 1.807) is 11.3 Å². The summed E-state index contributed by atoms with van der Waals surface area (Å²) in [7, 11) is 0. The molecule has 0 aliphatic carbocycles. The monoisotopic (exact) mass is 350 g/mol. The van der Waals surface area contributed by atoms with Gasteiger partial charge in [0.1, 0.15) is 0 Å². The van der Waals surface area contributed by atoms with E-state index in [-0.39, 0.29) is 0 Å². The third-order valence-corrected chi connectivity index (χ3v) is 5.03. The Bertz CT molecular complexity index is 542. The molecule has 1 aromatic heterocycles. The first kappa shape index (κ1) is 13.1. The summed E-state index contributed by atoms with van der Waals surface area (Å²) in [5, 5.41) is 4.31. The maximum Gasteiger partial charge on any atom is 0.0835 e. The summed E-state index contributed by atoms with van der Waals surface area (Å²) in [6.45, 7) is 2.69. The highest BCUT2D eigenvalue weighted by molar-refractivity contribution is 9.10. The number of aryl methyl sites for hydroxylation is 1. The van der Waals surface area contributed by atoms with E-state index >= 15 is 0 Å². The summed E-state index contributed by atoms with van der Waals surface area (Å²) in [5.74, 6) is 0. The van der Waals surface area contributed by atoms with E-state index in [4.69, 9.17) is 23.2 Å². The molecule has 0 bridgehead atoms. The first-order chi connectivity index (χ1) is 8.09. The summed E-state index contributed by atoms with van der Waals surface area (Å²) in [6, 6.07) is 3.77. The Kier molecular flexibility index (Phi) is 4.31. The summed E-state index contributed by atoms with van der Waals surface area (Å²) < 4.78 is 0.795.